The van der Waals surface area contributed by atoms with Crippen LogP contribution in [0, 0.1) is 12.8 Å². The third-order valence-electron chi connectivity index (χ3n) is 4.21. The molecule has 19 heavy (non-hydrogen) atoms. The summed E-state index contributed by atoms with van der Waals surface area (Å²) in [6.45, 7) is 5.38. The molecule has 2 rings (SSSR count). The zero-order valence-electron chi connectivity index (χ0n) is 12.5. The lowest BCUT2D eigenvalue weighted by Gasteiger charge is -2.22. The van der Waals surface area contributed by atoms with Crippen molar-refractivity contribution < 1.29 is 0 Å². The lowest BCUT2D eigenvalue weighted by atomic mass is 9.91. The minimum absolute atomic E-state index is 0.620. The number of aromatic nitrogens is 1. The van der Waals surface area contributed by atoms with Crippen LogP contribution in [0.1, 0.15) is 62.6 Å². The summed E-state index contributed by atoms with van der Waals surface area (Å²) in [6, 6.07) is 0.620. The normalized spacial score (nSPS) is 19.3. The van der Waals surface area contributed by atoms with Crippen LogP contribution in [0.25, 0.3) is 0 Å². The first-order valence-corrected chi connectivity index (χ1v) is 8.80. The van der Waals surface area contributed by atoms with Crippen molar-refractivity contribution in [3.8, 4) is 0 Å². The maximum atomic E-state index is 4.62. The molecule has 0 aliphatic heterocycles. The summed E-state index contributed by atoms with van der Waals surface area (Å²) < 4.78 is 0. The molecule has 1 aromatic rings. The Morgan fingerprint density at radius 1 is 1.32 bits per heavy atom. The van der Waals surface area contributed by atoms with Crippen molar-refractivity contribution in [2.45, 2.75) is 71.3 Å². The summed E-state index contributed by atoms with van der Waals surface area (Å²) >= 11 is 1.77. The van der Waals surface area contributed by atoms with Crippen molar-refractivity contribution in [1.29, 1.82) is 0 Å². The second-order valence-corrected chi connectivity index (χ2v) is 6.97. The molecule has 2 nitrogen and oxygen atoms in total. The SMILES string of the molecule is CCNC(Cc1csc(C)n1)CC1CCCCCC1. The van der Waals surface area contributed by atoms with Crippen molar-refractivity contribution in [3.63, 3.8) is 0 Å². The molecular formula is C16H28N2S. The monoisotopic (exact) mass is 280 g/mol. The van der Waals surface area contributed by atoms with E-state index in [0.717, 1.165) is 18.9 Å². The molecule has 1 fully saturated rings. The van der Waals surface area contributed by atoms with Crippen LogP contribution >= 0.6 is 11.3 Å². The van der Waals surface area contributed by atoms with Gasteiger partial charge in [-0.1, -0.05) is 45.4 Å². The Morgan fingerprint density at radius 3 is 2.63 bits per heavy atom. The summed E-state index contributed by atoms with van der Waals surface area (Å²) in [5, 5.41) is 7.10. The van der Waals surface area contributed by atoms with E-state index in [1.54, 1.807) is 11.3 Å². The molecular weight excluding hydrogens is 252 g/mol. The van der Waals surface area contributed by atoms with Crippen LogP contribution in [0.2, 0.25) is 0 Å². The lowest BCUT2D eigenvalue weighted by molar-refractivity contribution is 0.352. The van der Waals surface area contributed by atoms with Crippen LogP contribution in [0.15, 0.2) is 5.38 Å². The number of nitrogens with zero attached hydrogens (tertiary/aromatic N) is 1. The molecule has 1 aliphatic carbocycles. The highest BCUT2D eigenvalue weighted by Crippen LogP contribution is 2.27. The highest BCUT2D eigenvalue weighted by Gasteiger charge is 2.18. The zero-order valence-corrected chi connectivity index (χ0v) is 13.3. The summed E-state index contributed by atoms with van der Waals surface area (Å²) in [4.78, 5) is 4.62. The molecule has 0 bridgehead atoms. The maximum Gasteiger partial charge on any atom is 0.0897 e. The van der Waals surface area contributed by atoms with E-state index < -0.39 is 0 Å². The first-order chi connectivity index (χ1) is 9.28. The Morgan fingerprint density at radius 2 is 2.05 bits per heavy atom. The molecule has 0 spiro atoms. The Labute approximate surface area is 122 Å². The fourth-order valence-corrected chi connectivity index (χ4v) is 3.91. The molecule has 3 heteroatoms. The molecule has 108 valence electrons. The molecule has 1 aromatic heterocycles. The van der Waals surface area contributed by atoms with Gasteiger partial charge in [0, 0.05) is 17.8 Å². The van der Waals surface area contributed by atoms with Crippen molar-refractivity contribution in [1.82, 2.24) is 10.3 Å². The molecule has 1 atom stereocenters. The number of hydrogen-bond donors (Lipinski definition) is 1. The summed E-state index contributed by atoms with van der Waals surface area (Å²) in [7, 11) is 0. The molecule has 0 amide bonds. The van der Waals surface area contributed by atoms with Gasteiger partial charge < -0.3 is 5.32 Å². The highest BCUT2D eigenvalue weighted by atomic mass is 32.1. The van der Waals surface area contributed by atoms with Gasteiger partial charge in [0.2, 0.25) is 0 Å². The second kappa shape index (κ2) is 8.01. The average molecular weight is 280 g/mol. The van der Waals surface area contributed by atoms with Crippen molar-refractivity contribution in [3.05, 3.63) is 16.1 Å². The van der Waals surface area contributed by atoms with Crippen LogP contribution in [0.3, 0.4) is 0 Å². The van der Waals surface area contributed by atoms with Gasteiger partial charge in [-0.2, -0.15) is 0 Å². The van der Waals surface area contributed by atoms with Gasteiger partial charge >= 0.3 is 0 Å². The van der Waals surface area contributed by atoms with E-state index in [4.69, 9.17) is 0 Å². The molecule has 0 saturated heterocycles. The average Bonchev–Trinajstić information content (AvgIpc) is 2.64. The number of aryl methyl sites for hydroxylation is 1. The van der Waals surface area contributed by atoms with E-state index in [9.17, 15) is 0 Å². The third kappa shape index (κ3) is 5.23. The number of likely N-dealkylation sites (N-methyl/N-ethyl adjacent to an activating group) is 1. The molecule has 0 radical (unpaired) electrons. The largest absolute Gasteiger partial charge is 0.314 e. The predicted molar refractivity (Wildman–Crippen MR) is 83.8 cm³/mol. The quantitative estimate of drug-likeness (QED) is 0.784. The van der Waals surface area contributed by atoms with Gasteiger partial charge in [0.25, 0.3) is 0 Å². The smallest absolute Gasteiger partial charge is 0.0897 e. The molecule has 1 N–H and O–H groups in total. The van der Waals surface area contributed by atoms with E-state index >= 15 is 0 Å². The number of rotatable bonds is 6. The van der Waals surface area contributed by atoms with E-state index in [0.29, 0.717) is 6.04 Å². The van der Waals surface area contributed by atoms with E-state index in [1.807, 2.05) is 0 Å². The van der Waals surface area contributed by atoms with Crippen LogP contribution in [-0.4, -0.2) is 17.6 Å². The summed E-state index contributed by atoms with van der Waals surface area (Å²) in [5.41, 5.74) is 1.28. The van der Waals surface area contributed by atoms with Gasteiger partial charge in [0.15, 0.2) is 0 Å². The standard InChI is InChI=1S/C16H28N2S/c1-3-17-15(11-16-12-19-13(2)18-16)10-14-8-6-4-5-7-9-14/h12,14-15,17H,3-11H2,1-2H3. The number of nitrogens with one attached hydrogen (secondary N) is 1. The summed E-state index contributed by atoms with van der Waals surface area (Å²) in [6.07, 6.45) is 11.1. The Hall–Kier alpha value is -0.410. The molecule has 1 saturated carbocycles. The molecule has 1 aliphatic rings. The number of hydrogen-bond acceptors (Lipinski definition) is 3. The van der Waals surface area contributed by atoms with E-state index in [2.05, 4.69) is 29.5 Å². The molecule has 0 aromatic carbocycles. The Balaban J connectivity index is 1.87. The Bertz CT molecular complexity index is 353. The van der Waals surface area contributed by atoms with Gasteiger partial charge in [-0.05, 0) is 25.8 Å². The van der Waals surface area contributed by atoms with Crippen molar-refractivity contribution in [2.75, 3.05) is 6.54 Å². The lowest BCUT2D eigenvalue weighted by Crippen LogP contribution is -2.33. The van der Waals surface area contributed by atoms with Crippen molar-refractivity contribution in [2.24, 2.45) is 5.92 Å². The van der Waals surface area contributed by atoms with Gasteiger partial charge in [0.05, 0.1) is 10.7 Å². The van der Waals surface area contributed by atoms with Gasteiger partial charge in [-0.15, -0.1) is 11.3 Å². The first-order valence-electron chi connectivity index (χ1n) is 7.92. The van der Waals surface area contributed by atoms with Gasteiger partial charge in [-0.3, -0.25) is 0 Å². The van der Waals surface area contributed by atoms with Crippen molar-refractivity contribution >= 4 is 11.3 Å². The fraction of sp³-hybridized carbons (Fsp3) is 0.812. The van der Waals surface area contributed by atoms with E-state index in [-0.39, 0.29) is 0 Å². The predicted octanol–water partition coefficient (Wildman–Crippen LogP) is 4.33. The minimum atomic E-state index is 0.620. The van der Waals surface area contributed by atoms with Crippen LogP contribution in [-0.2, 0) is 6.42 Å². The molecule has 1 unspecified atom stereocenters. The minimum Gasteiger partial charge on any atom is -0.314 e. The van der Waals surface area contributed by atoms with E-state index in [1.165, 1.54) is 55.6 Å². The number of thiazole rings is 1. The molecule has 1 heterocycles. The second-order valence-electron chi connectivity index (χ2n) is 5.91. The zero-order chi connectivity index (χ0) is 13.5. The fourth-order valence-electron chi connectivity index (χ4n) is 3.28. The first kappa shape index (κ1) is 15.0. The third-order valence-corrected chi connectivity index (χ3v) is 5.03. The maximum absolute atomic E-state index is 4.62. The van der Waals surface area contributed by atoms with Gasteiger partial charge in [0.1, 0.15) is 0 Å². The van der Waals surface area contributed by atoms with Crippen LogP contribution in [0.4, 0.5) is 0 Å². The van der Waals surface area contributed by atoms with Crippen LogP contribution < -0.4 is 5.32 Å². The summed E-state index contributed by atoms with van der Waals surface area (Å²) in [5.74, 6) is 0.936. The highest BCUT2D eigenvalue weighted by molar-refractivity contribution is 7.09. The van der Waals surface area contributed by atoms with Gasteiger partial charge in [-0.25, -0.2) is 4.98 Å². The Kier molecular flexibility index (Phi) is 6.32. The van der Waals surface area contributed by atoms with Crippen LogP contribution in [0.5, 0.6) is 0 Å². The topological polar surface area (TPSA) is 24.9 Å².